The minimum Gasteiger partial charge on any atom is -0.480 e. The molecule has 4 rings (SSSR count). The van der Waals surface area contributed by atoms with E-state index in [1.54, 1.807) is 16.8 Å². The Morgan fingerprint density at radius 2 is 1.78 bits per heavy atom. The first-order chi connectivity index (χ1) is 13.1. The molecule has 2 N–H and O–H groups in total. The van der Waals surface area contributed by atoms with Gasteiger partial charge in [0.05, 0.1) is 5.39 Å². The molecule has 27 heavy (non-hydrogen) atoms. The van der Waals surface area contributed by atoms with E-state index in [2.05, 4.69) is 15.3 Å². The summed E-state index contributed by atoms with van der Waals surface area (Å²) in [5, 5.41) is 13.8. The van der Waals surface area contributed by atoms with Crippen molar-refractivity contribution in [3.05, 3.63) is 72.1 Å². The van der Waals surface area contributed by atoms with Crippen LogP contribution >= 0.6 is 11.6 Å². The lowest BCUT2D eigenvalue weighted by Crippen LogP contribution is -2.08. The lowest BCUT2D eigenvalue weighted by molar-refractivity contribution is -0.137. The number of rotatable bonds is 5. The highest BCUT2D eigenvalue weighted by Gasteiger charge is 2.19. The van der Waals surface area contributed by atoms with Gasteiger partial charge in [-0.05, 0) is 18.2 Å². The van der Waals surface area contributed by atoms with Gasteiger partial charge in [0.15, 0.2) is 0 Å². The summed E-state index contributed by atoms with van der Waals surface area (Å²) < 4.78 is 1.59. The average molecular weight is 379 g/mol. The number of carboxylic acid groups (broad SMARTS) is 1. The van der Waals surface area contributed by atoms with Crippen LogP contribution in [0.5, 0.6) is 0 Å². The summed E-state index contributed by atoms with van der Waals surface area (Å²) in [5.74, 6) is -0.362. The van der Waals surface area contributed by atoms with E-state index in [0.29, 0.717) is 16.5 Å². The third kappa shape index (κ3) is 3.35. The number of halogens is 1. The predicted octanol–water partition coefficient (Wildman–Crippen LogP) is 4.58. The first kappa shape index (κ1) is 17.1. The van der Waals surface area contributed by atoms with E-state index >= 15 is 0 Å². The summed E-state index contributed by atoms with van der Waals surface area (Å²) in [5.41, 5.74) is 2.96. The van der Waals surface area contributed by atoms with Crippen LogP contribution in [-0.4, -0.2) is 25.6 Å². The number of fused-ring (bicyclic) bond motifs is 1. The molecular formula is C20H15ClN4O2. The Bertz CT molecular complexity index is 1130. The molecule has 6 nitrogen and oxygen atoms in total. The highest BCUT2D eigenvalue weighted by molar-refractivity contribution is 6.33. The van der Waals surface area contributed by atoms with Crippen LogP contribution in [0.2, 0.25) is 5.02 Å². The number of para-hydroxylation sites is 1. The maximum absolute atomic E-state index is 11.3. The molecule has 0 aliphatic carbocycles. The first-order valence-electron chi connectivity index (χ1n) is 8.26. The number of aliphatic carboxylic acids is 1. The maximum atomic E-state index is 11.3. The minimum atomic E-state index is -0.950. The van der Waals surface area contributed by atoms with Gasteiger partial charge in [-0.2, -0.15) is 0 Å². The second-order valence-corrected chi connectivity index (χ2v) is 6.36. The number of aromatic nitrogens is 3. The molecule has 0 amide bonds. The fourth-order valence-electron chi connectivity index (χ4n) is 3.03. The molecule has 4 aromatic rings. The summed E-state index contributed by atoms with van der Waals surface area (Å²) in [4.78, 5) is 20.0. The van der Waals surface area contributed by atoms with Gasteiger partial charge in [0.1, 0.15) is 24.3 Å². The van der Waals surface area contributed by atoms with E-state index in [9.17, 15) is 9.90 Å². The Balaban J connectivity index is 1.95. The molecule has 2 aromatic carbocycles. The third-order valence-electron chi connectivity index (χ3n) is 4.16. The van der Waals surface area contributed by atoms with E-state index in [1.807, 2.05) is 48.5 Å². The van der Waals surface area contributed by atoms with Gasteiger partial charge in [-0.3, -0.25) is 4.79 Å². The van der Waals surface area contributed by atoms with Gasteiger partial charge in [0, 0.05) is 28.0 Å². The van der Waals surface area contributed by atoms with Crippen molar-refractivity contribution in [2.45, 2.75) is 6.54 Å². The molecule has 134 valence electrons. The molecule has 2 aromatic heterocycles. The summed E-state index contributed by atoms with van der Waals surface area (Å²) >= 11 is 6.40. The molecule has 0 atom stereocenters. The molecular weight excluding hydrogens is 364 g/mol. The van der Waals surface area contributed by atoms with Gasteiger partial charge in [0.2, 0.25) is 0 Å². The molecule has 0 unspecified atom stereocenters. The smallest absolute Gasteiger partial charge is 0.323 e. The van der Waals surface area contributed by atoms with Gasteiger partial charge in [-0.1, -0.05) is 48.0 Å². The second kappa shape index (κ2) is 7.09. The van der Waals surface area contributed by atoms with Crippen molar-refractivity contribution in [3.63, 3.8) is 0 Å². The van der Waals surface area contributed by atoms with Crippen LogP contribution in [0.3, 0.4) is 0 Å². The fraction of sp³-hybridized carbons (Fsp3) is 0.0500. The largest absolute Gasteiger partial charge is 0.480 e. The van der Waals surface area contributed by atoms with Gasteiger partial charge >= 0.3 is 5.97 Å². The standard InChI is InChI=1S/C20H15ClN4O2/c21-16-9-5-4-8-14(16)15-10-25(11-17(26)27)20-18(15)19(22-12-23-20)24-13-6-2-1-3-7-13/h1-10,12H,11H2,(H,26,27)(H,22,23,24). The zero-order valence-electron chi connectivity index (χ0n) is 14.1. The van der Waals surface area contributed by atoms with E-state index in [-0.39, 0.29) is 6.54 Å². The van der Waals surface area contributed by atoms with Gasteiger partial charge in [-0.15, -0.1) is 0 Å². The zero-order valence-corrected chi connectivity index (χ0v) is 14.9. The molecule has 2 heterocycles. The van der Waals surface area contributed by atoms with Gasteiger partial charge < -0.3 is 15.0 Å². The van der Waals surface area contributed by atoms with Crippen molar-refractivity contribution < 1.29 is 9.90 Å². The SMILES string of the molecule is O=C(O)Cn1cc(-c2ccccc2Cl)c2c(Nc3ccccc3)ncnc21. The first-order valence-corrected chi connectivity index (χ1v) is 8.64. The number of hydrogen-bond donors (Lipinski definition) is 2. The molecule has 0 spiro atoms. The van der Waals surface area contributed by atoms with Crippen LogP contribution in [0.15, 0.2) is 67.1 Å². The number of nitrogens with one attached hydrogen (secondary N) is 1. The Kier molecular flexibility index (Phi) is 4.48. The van der Waals surface area contributed by atoms with Crippen LogP contribution in [0.25, 0.3) is 22.2 Å². The molecule has 0 saturated carbocycles. The van der Waals surface area contributed by atoms with Crippen LogP contribution in [0.1, 0.15) is 0 Å². The zero-order chi connectivity index (χ0) is 18.8. The highest BCUT2D eigenvalue weighted by Crippen LogP contribution is 2.37. The van der Waals surface area contributed by atoms with Crippen molar-refractivity contribution >= 4 is 40.1 Å². The van der Waals surface area contributed by atoms with Gasteiger partial charge in [-0.25, -0.2) is 9.97 Å². The topological polar surface area (TPSA) is 80.0 Å². The monoisotopic (exact) mass is 378 g/mol. The lowest BCUT2D eigenvalue weighted by Gasteiger charge is -2.09. The number of hydrogen-bond acceptors (Lipinski definition) is 4. The quantitative estimate of drug-likeness (QED) is 0.531. The Morgan fingerprint density at radius 3 is 2.52 bits per heavy atom. The number of nitrogens with zero attached hydrogens (tertiary/aromatic N) is 3. The van der Waals surface area contributed by atoms with Crippen molar-refractivity contribution in [2.24, 2.45) is 0 Å². The summed E-state index contributed by atoms with van der Waals surface area (Å²) in [6.07, 6.45) is 3.17. The highest BCUT2D eigenvalue weighted by atomic mass is 35.5. The summed E-state index contributed by atoms with van der Waals surface area (Å²) in [6, 6.07) is 17.1. The van der Waals surface area contributed by atoms with E-state index in [4.69, 9.17) is 11.6 Å². The van der Waals surface area contributed by atoms with E-state index in [0.717, 1.165) is 22.2 Å². The molecule has 0 fully saturated rings. The van der Waals surface area contributed by atoms with Crippen LogP contribution in [0.4, 0.5) is 11.5 Å². The summed E-state index contributed by atoms with van der Waals surface area (Å²) in [7, 11) is 0. The van der Waals surface area contributed by atoms with Crippen LogP contribution < -0.4 is 5.32 Å². The molecule has 7 heteroatoms. The molecule has 0 saturated heterocycles. The number of carboxylic acids is 1. The molecule has 0 radical (unpaired) electrons. The Hall–Kier alpha value is -3.38. The second-order valence-electron chi connectivity index (χ2n) is 5.96. The predicted molar refractivity (Wildman–Crippen MR) is 105 cm³/mol. The normalized spacial score (nSPS) is 10.9. The fourth-order valence-corrected chi connectivity index (χ4v) is 3.26. The summed E-state index contributed by atoms with van der Waals surface area (Å²) in [6.45, 7) is -0.206. The molecule has 0 aliphatic rings. The van der Waals surface area contributed by atoms with Crippen LogP contribution in [-0.2, 0) is 11.3 Å². The van der Waals surface area contributed by atoms with Crippen molar-refractivity contribution in [1.82, 2.24) is 14.5 Å². The Morgan fingerprint density at radius 1 is 1.04 bits per heavy atom. The lowest BCUT2D eigenvalue weighted by atomic mass is 10.1. The van der Waals surface area contributed by atoms with E-state index in [1.165, 1.54) is 6.33 Å². The number of carbonyl (C=O) groups is 1. The minimum absolute atomic E-state index is 0.206. The Labute approximate surface area is 160 Å². The number of anilines is 2. The van der Waals surface area contributed by atoms with Crippen LogP contribution in [0, 0.1) is 0 Å². The van der Waals surface area contributed by atoms with Crippen molar-refractivity contribution in [2.75, 3.05) is 5.32 Å². The van der Waals surface area contributed by atoms with Gasteiger partial charge in [0.25, 0.3) is 0 Å². The average Bonchev–Trinajstić information content (AvgIpc) is 3.02. The molecule has 0 aliphatic heterocycles. The van der Waals surface area contributed by atoms with Crippen molar-refractivity contribution in [3.8, 4) is 11.1 Å². The van der Waals surface area contributed by atoms with E-state index < -0.39 is 5.97 Å². The van der Waals surface area contributed by atoms with Crippen molar-refractivity contribution in [1.29, 1.82) is 0 Å². The molecule has 0 bridgehead atoms. The number of benzene rings is 2. The maximum Gasteiger partial charge on any atom is 0.323 e. The third-order valence-corrected chi connectivity index (χ3v) is 4.49.